The molecule has 0 spiro atoms. The van der Waals surface area contributed by atoms with E-state index in [1.165, 1.54) is 0 Å². The van der Waals surface area contributed by atoms with E-state index in [2.05, 4.69) is 0 Å². The van der Waals surface area contributed by atoms with E-state index >= 15 is 0 Å². The first-order valence-corrected chi connectivity index (χ1v) is 2.23. The number of hydrogen-bond donors (Lipinski definition) is 0. The standard InChI is InChI=1S/C3H2N2O6/c6-1-3(2-7,4(8)9)5(10)11/h1-2H. The molecule has 8 heteroatoms. The molecular weight excluding hydrogens is 160 g/mol. The van der Waals surface area contributed by atoms with Crippen LogP contribution in [0.4, 0.5) is 0 Å². The van der Waals surface area contributed by atoms with Crippen molar-refractivity contribution in [1.82, 2.24) is 0 Å². The Labute approximate surface area is 59.1 Å². The van der Waals surface area contributed by atoms with Crippen molar-refractivity contribution in [3.8, 4) is 0 Å². The maximum Gasteiger partial charge on any atom is 0.568 e. The molecule has 0 rings (SSSR count). The summed E-state index contributed by atoms with van der Waals surface area (Å²) in [6, 6.07) is 0. The van der Waals surface area contributed by atoms with Gasteiger partial charge in [0.25, 0.3) is 12.6 Å². The molecule has 0 aromatic carbocycles. The first-order valence-electron chi connectivity index (χ1n) is 2.23. The van der Waals surface area contributed by atoms with Crippen molar-refractivity contribution in [3.63, 3.8) is 0 Å². The highest BCUT2D eigenvalue weighted by molar-refractivity contribution is 5.84. The number of rotatable bonds is 4. The molecule has 0 saturated carbocycles. The van der Waals surface area contributed by atoms with Crippen LogP contribution in [0.25, 0.3) is 0 Å². The lowest BCUT2D eigenvalue weighted by molar-refractivity contribution is -0.750. The third-order valence-corrected chi connectivity index (χ3v) is 0.932. The first-order chi connectivity index (χ1) is 5.01. The molecule has 0 fully saturated rings. The van der Waals surface area contributed by atoms with Gasteiger partial charge in [0.05, 0.1) is 0 Å². The minimum atomic E-state index is -3.33. The summed E-state index contributed by atoms with van der Waals surface area (Å²) < 4.78 is 0. The summed E-state index contributed by atoms with van der Waals surface area (Å²) in [4.78, 5) is 36.2. The van der Waals surface area contributed by atoms with Gasteiger partial charge in [-0.1, -0.05) is 0 Å². The Hall–Kier alpha value is -1.86. The normalized spacial score (nSPS) is 10.2. The van der Waals surface area contributed by atoms with Crippen molar-refractivity contribution in [2.45, 2.75) is 5.66 Å². The van der Waals surface area contributed by atoms with E-state index in [-0.39, 0.29) is 0 Å². The van der Waals surface area contributed by atoms with E-state index in [1.54, 1.807) is 0 Å². The van der Waals surface area contributed by atoms with Gasteiger partial charge in [-0.25, -0.2) is 0 Å². The SMILES string of the molecule is O=CC(C=O)([N+](=O)[O-])[N+](=O)[O-]. The zero-order chi connectivity index (χ0) is 9.07. The van der Waals surface area contributed by atoms with Crippen molar-refractivity contribution in [1.29, 1.82) is 0 Å². The predicted molar refractivity (Wildman–Crippen MR) is 28.8 cm³/mol. The molecule has 0 aromatic rings. The van der Waals surface area contributed by atoms with E-state index in [0.29, 0.717) is 0 Å². The van der Waals surface area contributed by atoms with Gasteiger partial charge in [-0.05, 0) is 0 Å². The second-order valence-corrected chi connectivity index (χ2v) is 1.53. The van der Waals surface area contributed by atoms with E-state index in [1.807, 2.05) is 0 Å². The maximum atomic E-state index is 9.83. The summed E-state index contributed by atoms with van der Waals surface area (Å²) in [6.07, 6.45) is -1.25. The summed E-state index contributed by atoms with van der Waals surface area (Å²) >= 11 is 0. The monoisotopic (exact) mass is 162 g/mol. The van der Waals surface area contributed by atoms with Crippen molar-refractivity contribution >= 4 is 12.6 Å². The molecule has 0 atom stereocenters. The molecule has 0 N–H and O–H groups in total. The Morgan fingerprint density at radius 3 is 1.27 bits per heavy atom. The smallest absolute Gasteiger partial charge is 0.286 e. The molecule has 0 aliphatic heterocycles. The van der Waals surface area contributed by atoms with Crippen LogP contribution in [0.5, 0.6) is 0 Å². The minimum Gasteiger partial charge on any atom is -0.286 e. The lowest BCUT2D eigenvalue weighted by Gasteiger charge is -2.01. The van der Waals surface area contributed by atoms with Gasteiger partial charge in [0.2, 0.25) is 0 Å². The Balaban J connectivity index is 5.07. The largest absolute Gasteiger partial charge is 0.568 e. The third kappa shape index (κ3) is 1.18. The van der Waals surface area contributed by atoms with E-state index in [9.17, 15) is 29.8 Å². The average molecular weight is 162 g/mol. The summed E-state index contributed by atoms with van der Waals surface area (Å²) in [5.74, 6) is 0. The van der Waals surface area contributed by atoms with Crippen molar-refractivity contribution in [2.24, 2.45) is 0 Å². The van der Waals surface area contributed by atoms with Crippen molar-refractivity contribution in [3.05, 3.63) is 20.2 Å². The average Bonchev–Trinajstić information content (AvgIpc) is 1.90. The highest BCUT2D eigenvalue weighted by Gasteiger charge is 2.57. The molecule has 11 heavy (non-hydrogen) atoms. The van der Waals surface area contributed by atoms with Crippen LogP contribution in [0.1, 0.15) is 0 Å². The van der Waals surface area contributed by atoms with E-state index < -0.39 is 28.1 Å². The van der Waals surface area contributed by atoms with Crippen LogP contribution in [0.2, 0.25) is 0 Å². The number of carbonyl (C=O) groups is 2. The van der Waals surface area contributed by atoms with Crippen LogP contribution >= 0.6 is 0 Å². The Morgan fingerprint density at radius 1 is 1.00 bits per heavy atom. The molecule has 0 saturated heterocycles. The van der Waals surface area contributed by atoms with Gasteiger partial charge in [0.15, 0.2) is 0 Å². The molecule has 0 bridgehead atoms. The fraction of sp³-hybridized carbons (Fsp3) is 0.333. The summed E-state index contributed by atoms with van der Waals surface area (Å²) in [6.45, 7) is 0. The second kappa shape index (κ2) is 2.82. The Kier molecular flexibility index (Phi) is 2.34. The highest BCUT2D eigenvalue weighted by atomic mass is 16.7. The summed E-state index contributed by atoms with van der Waals surface area (Å²) in [7, 11) is 0. The molecule has 8 nitrogen and oxygen atoms in total. The maximum absolute atomic E-state index is 9.83. The number of carbonyl (C=O) groups excluding carboxylic acids is 2. The number of aldehydes is 2. The fourth-order valence-corrected chi connectivity index (χ4v) is 0.267. The van der Waals surface area contributed by atoms with Gasteiger partial charge in [-0.2, -0.15) is 0 Å². The topological polar surface area (TPSA) is 120 Å². The van der Waals surface area contributed by atoms with Gasteiger partial charge in [-0.3, -0.25) is 29.8 Å². The zero-order valence-corrected chi connectivity index (χ0v) is 5.00. The third-order valence-electron chi connectivity index (χ3n) is 0.932. The number of nitro groups is 2. The summed E-state index contributed by atoms with van der Waals surface area (Å²) in [5.41, 5.74) is -3.33. The molecule has 0 radical (unpaired) electrons. The molecule has 60 valence electrons. The lowest BCUT2D eigenvalue weighted by atomic mass is 10.2. The number of hydrogen-bond acceptors (Lipinski definition) is 6. The van der Waals surface area contributed by atoms with Gasteiger partial charge >= 0.3 is 5.66 Å². The van der Waals surface area contributed by atoms with Crippen LogP contribution in [0.15, 0.2) is 0 Å². The van der Waals surface area contributed by atoms with Crippen molar-refractivity contribution in [2.75, 3.05) is 0 Å². The predicted octanol–water partition coefficient (Wildman–Crippen LogP) is -1.37. The highest BCUT2D eigenvalue weighted by Crippen LogP contribution is 2.02. The van der Waals surface area contributed by atoms with Crippen LogP contribution in [0, 0.1) is 20.2 Å². The lowest BCUT2D eigenvalue weighted by Crippen LogP contribution is -2.49. The molecule has 0 amide bonds. The summed E-state index contributed by atoms with van der Waals surface area (Å²) in [5, 5.41) is 19.7. The Morgan fingerprint density at radius 2 is 1.27 bits per heavy atom. The fourth-order valence-electron chi connectivity index (χ4n) is 0.267. The van der Waals surface area contributed by atoms with Gasteiger partial charge < -0.3 is 0 Å². The van der Waals surface area contributed by atoms with Crippen molar-refractivity contribution < 1.29 is 19.4 Å². The molecular formula is C3H2N2O6. The minimum absolute atomic E-state index is 0.625. The Bertz CT molecular complexity index is 198. The molecule has 0 aliphatic carbocycles. The van der Waals surface area contributed by atoms with Crippen LogP contribution in [0.3, 0.4) is 0 Å². The van der Waals surface area contributed by atoms with Crippen LogP contribution < -0.4 is 0 Å². The van der Waals surface area contributed by atoms with E-state index in [4.69, 9.17) is 0 Å². The van der Waals surface area contributed by atoms with Gasteiger partial charge in [0, 0.05) is 0 Å². The second-order valence-electron chi connectivity index (χ2n) is 1.53. The van der Waals surface area contributed by atoms with Crippen LogP contribution in [-0.2, 0) is 9.59 Å². The van der Waals surface area contributed by atoms with Crippen LogP contribution in [-0.4, -0.2) is 28.1 Å². The van der Waals surface area contributed by atoms with E-state index in [0.717, 1.165) is 0 Å². The molecule has 0 aromatic heterocycles. The quantitative estimate of drug-likeness (QED) is 0.165. The molecule has 0 unspecified atom stereocenters. The van der Waals surface area contributed by atoms with Gasteiger partial charge in [-0.15, -0.1) is 0 Å². The van der Waals surface area contributed by atoms with Gasteiger partial charge in [0.1, 0.15) is 9.85 Å². The number of nitrogens with zero attached hydrogens (tertiary/aromatic N) is 2. The first kappa shape index (κ1) is 9.14. The molecule has 0 aliphatic rings. The molecule has 0 heterocycles. The zero-order valence-electron chi connectivity index (χ0n) is 5.00.